The molecule has 2 aromatic rings. The first-order valence-corrected chi connectivity index (χ1v) is 8.37. The Balaban J connectivity index is 2.54. The molecule has 2 nitrogen and oxygen atoms in total. The molecule has 8 heteroatoms. The summed E-state index contributed by atoms with van der Waals surface area (Å²) in [6.45, 7) is 0. The van der Waals surface area contributed by atoms with E-state index in [0.29, 0.717) is 0 Å². The van der Waals surface area contributed by atoms with Crippen LogP contribution in [0.15, 0.2) is 33.2 Å². The van der Waals surface area contributed by atoms with E-state index < -0.39 is 23.7 Å². The third kappa shape index (κ3) is 3.32. The quantitative estimate of drug-likeness (QED) is 0.577. The van der Waals surface area contributed by atoms with Crippen molar-refractivity contribution in [3.8, 4) is 0 Å². The number of hydrogen-bond acceptors (Lipinski definition) is 2. The largest absolute Gasteiger partial charge is 0.322 e. The molecule has 2 aromatic carbocycles. The van der Waals surface area contributed by atoms with E-state index in [1.54, 1.807) is 0 Å². The van der Waals surface area contributed by atoms with Crippen molar-refractivity contribution in [3.05, 3.63) is 66.0 Å². The summed E-state index contributed by atoms with van der Waals surface area (Å²) in [6.07, 6.45) is 0. The fraction of sp³-hybridized carbons (Fsp3) is 0.143. The highest BCUT2D eigenvalue weighted by molar-refractivity contribution is 9.11. The molecule has 0 radical (unpaired) electrons. The normalized spacial score (nSPS) is 14.0. The molecule has 118 valence electrons. The van der Waals surface area contributed by atoms with Crippen LogP contribution in [0, 0.1) is 11.6 Å². The maximum atomic E-state index is 14.1. The van der Waals surface area contributed by atoms with Gasteiger partial charge in [0.1, 0.15) is 11.6 Å². The zero-order chi connectivity index (χ0) is 16.6. The van der Waals surface area contributed by atoms with E-state index in [1.807, 2.05) is 0 Å². The zero-order valence-corrected chi connectivity index (χ0v) is 15.6. The number of rotatable bonds is 3. The van der Waals surface area contributed by atoms with Crippen LogP contribution in [0.3, 0.4) is 0 Å². The van der Waals surface area contributed by atoms with E-state index >= 15 is 0 Å². The van der Waals surface area contributed by atoms with Gasteiger partial charge in [-0.05, 0) is 56.1 Å². The van der Waals surface area contributed by atoms with Gasteiger partial charge in [0.2, 0.25) is 0 Å². The Bertz CT molecular complexity index is 667. The lowest BCUT2D eigenvalue weighted by molar-refractivity contribution is 0.499. The Morgan fingerprint density at radius 1 is 0.773 bits per heavy atom. The van der Waals surface area contributed by atoms with Crippen LogP contribution >= 0.6 is 55.1 Å². The first-order valence-electron chi connectivity index (χ1n) is 6.03. The van der Waals surface area contributed by atoms with Gasteiger partial charge in [-0.15, -0.1) is 0 Å². The molecule has 0 aliphatic heterocycles. The molecule has 0 amide bonds. The van der Waals surface area contributed by atoms with Gasteiger partial charge in [0.05, 0.1) is 22.1 Å². The van der Waals surface area contributed by atoms with E-state index in [0.717, 1.165) is 0 Å². The highest BCUT2D eigenvalue weighted by Crippen LogP contribution is 2.40. The van der Waals surface area contributed by atoms with E-state index in [2.05, 4.69) is 31.9 Å². The predicted molar refractivity (Wildman–Crippen MR) is 92.1 cm³/mol. The second kappa shape index (κ2) is 7.11. The van der Waals surface area contributed by atoms with Crippen LogP contribution < -0.4 is 11.5 Å². The average molecular weight is 475 g/mol. The van der Waals surface area contributed by atoms with Crippen molar-refractivity contribution in [3.63, 3.8) is 0 Å². The summed E-state index contributed by atoms with van der Waals surface area (Å²) in [6, 6.07) is 3.07. The molecule has 0 saturated heterocycles. The lowest BCUT2D eigenvalue weighted by Gasteiger charge is -2.24. The Kier molecular flexibility index (Phi) is 5.85. The first-order chi connectivity index (χ1) is 10.3. The smallest absolute Gasteiger partial charge is 0.129 e. The predicted octanol–water partition coefficient (Wildman–Crippen LogP) is 5.50. The van der Waals surface area contributed by atoms with Crippen molar-refractivity contribution >= 4 is 55.1 Å². The van der Waals surface area contributed by atoms with Crippen molar-refractivity contribution in [1.82, 2.24) is 0 Å². The van der Waals surface area contributed by atoms with Gasteiger partial charge in [-0.25, -0.2) is 8.78 Å². The lowest BCUT2D eigenvalue weighted by Crippen LogP contribution is -2.29. The van der Waals surface area contributed by atoms with Gasteiger partial charge in [-0.1, -0.05) is 23.2 Å². The third-order valence-corrected chi connectivity index (χ3v) is 6.01. The summed E-state index contributed by atoms with van der Waals surface area (Å²) in [5.74, 6) is -1.17. The summed E-state index contributed by atoms with van der Waals surface area (Å²) in [4.78, 5) is 0. The molecule has 0 bridgehead atoms. The molecular weight excluding hydrogens is 465 g/mol. The molecule has 0 heterocycles. The summed E-state index contributed by atoms with van der Waals surface area (Å²) >= 11 is 18.3. The molecule has 0 fully saturated rings. The molecule has 0 spiro atoms. The summed E-state index contributed by atoms with van der Waals surface area (Å²) in [5.41, 5.74) is 12.2. The molecule has 22 heavy (non-hydrogen) atoms. The highest BCUT2D eigenvalue weighted by Gasteiger charge is 2.28. The van der Waals surface area contributed by atoms with Crippen molar-refractivity contribution in [2.45, 2.75) is 12.1 Å². The summed E-state index contributed by atoms with van der Waals surface area (Å²) < 4.78 is 28.7. The monoisotopic (exact) mass is 472 g/mol. The van der Waals surface area contributed by atoms with E-state index in [4.69, 9.17) is 34.7 Å². The Hall–Kier alpha value is -0.240. The molecule has 2 atom stereocenters. The second-order valence-corrected chi connectivity index (χ2v) is 6.97. The SMILES string of the molecule is NC(c1c(F)ccc(Cl)c1Br)C(N)c1c(F)ccc(Cl)c1Br. The Morgan fingerprint density at radius 2 is 1.09 bits per heavy atom. The number of nitrogens with two attached hydrogens (primary N) is 2. The van der Waals surface area contributed by atoms with Crippen LogP contribution in [0.5, 0.6) is 0 Å². The molecule has 0 aliphatic carbocycles. The van der Waals surface area contributed by atoms with Gasteiger partial charge in [0, 0.05) is 20.1 Å². The molecule has 0 aliphatic rings. The minimum atomic E-state index is -1.03. The molecule has 4 N–H and O–H groups in total. The first kappa shape index (κ1) is 18.1. The van der Waals surface area contributed by atoms with Crippen LogP contribution in [-0.4, -0.2) is 0 Å². The van der Waals surface area contributed by atoms with Gasteiger partial charge in [-0.2, -0.15) is 0 Å². The topological polar surface area (TPSA) is 52.0 Å². The van der Waals surface area contributed by atoms with E-state index in [1.165, 1.54) is 24.3 Å². The Labute approximate surface area is 153 Å². The van der Waals surface area contributed by atoms with Crippen molar-refractivity contribution in [2.75, 3.05) is 0 Å². The standard InChI is InChI=1S/C14H10Br2Cl2F2N2/c15-11-5(17)1-3-7(19)9(11)13(21)14(22)10-8(20)4-2-6(18)12(10)16/h1-4,13-14H,21-22H2. The fourth-order valence-corrected chi connectivity index (χ4v) is 3.56. The van der Waals surface area contributed by atoms with Gasteiger partial charge in [0.25, 0.3) is 0 Å². The van der Waals surface area contributed by atoms with Crippen molar-refractivity contribution in [2.24, 2.45) is 11.5 Å². The minimum Gasteiger partial charge on any atom is -0.322 e. The fourth-order valence-electron chi connectivity index (χ4n) is 2.06. The number of halogens is 6. The van der Waals surface area contributed by atoms with Gasteiger partial charge in [0.15, 0.2) is 0 Å². The maximum Gasteiger partial charge on any atom is 0.129 e. The van der Waals surface area contributed by atoms with Gasteiger partial charge >= 0.3 is 0 Å². The van der Waals surface area contributed by atoms with Crippen LogP contribution in [0.4, 0.5) is 8.78 Å². The van der Waals surface area contributed by atoms with Crippen LogP contribution in [0.25, 0.3) is 0 Å². The van der Waals surface area contributed by atoms with Gasteiger partial charge < -0.3 is 11.5 Å². The second-order valence-electron chi connectivity index (χ2n) is 4.57. The molecule has 0 aromatic heterocycles. The van der Waals surface area contributed by atoms with E-state index in [9.17, 15) is 8.78 Å². The number of hydrogen-bond donors (Lipinski definition) is 2. The maximum absolute atomic E-state index is 14.1. The van der Waals surface area contributed by atoms with Crippen LogP contribution in [0.2, 0.25) is 10.0 Å². The minimum absolute atomic E-state index is 0.0753. The lowest BCUT2D eigenvalue weighted by atomic mass is 9.94. The molecule has 2 rings (SSSR count). The number of benzene rings is 2. The summed E-state index contributed by atoms with van der Waals surface area (Å²) in [5, 5.41) is 0.564. The molecule has 2 unspecified atom stereocenters. The Morgan fingerprint density at radius 3 is 1.41 bits per heavy atom. The summed E-state index contributed by atoms with van der Waals surface area (Å²) in [7, 11) is 0. The molecule has 0 saturated carbocycles. The van der Waals surface area contributed by atoms with E-state index in [-0.39, 0.29) is 30.1 Å². The average Bonchev–Trinajstić information content (AvgIpc) is 2.47. The van der Waals surface area contributed by atoms with Crippen LogP contribution in [0.1, 0.15) is 23.2 Å². The molecular formula is C14H10Br2Cl2F2N2. The highest BCUT2D eigenvalue weighted by atomic mass is 79.9. The zero-order valence-electron chi connectivity index (χ0n) is 10.9. The third-order valence-electron chi connectivity index (χ3n) is 3.21. The van der Waals surface area contributed by atoms with Gasteiger partial charge in [-0.3, -0.25) is 0 Å². The van der Waals surface area contributed by atoms with Crippen molar-refractivity contribution < 1.29 is 8.78 Å². The van der Waals surface area contributed by atoms with Crippen molar-refractivity contribution in [1.29, 1.82) is 0 Å². The van der Waals surface area contributed by atoms with Crippen LogP contribution in [-0.2, 0) is 0 Å².